The van der Waals surface area contributed by atoms with Crippen LogP contribution in [-0.4, -0.2) is 107 Å². The predicted molar refractivity (Wildman–Crippen MR) is 216 cm³/mol. The maximum absolute atomic E-state index is 15.0. The first-order chi connectivity index (χ1) is 28.6. The van der Waals surface area contributed by atoms with Gasteiger partial charge in [-0.3, -0.25) is 14.4 Å². The first-order valence-corrected chi connectivity index (χ1v) is 21.5. The van der Waals surface area contributed by atoms with Crippen molar-refractivity contribution in [1.29, 1.82) is 0 Å². The van der Waals surface area contributed by atoms with Crippen molar-refractivity contribution in [3.8, 4) is 0 Å². The Balaban J connectivity index is 1.38. The average molecular weight is 862 g/mol. The van der Waals surface area contributed by atoms with E-state index in [1.54, 1.807) is 55.5 Å². The second-order valence-electron chi connectivity index (χ2n) is 17.4. The molecule has 61 heavy (non-hydrogen) atoms. The van der Waals surface area contributed by atoms with Crippen LogP contribution in [0.15, 0.2) is 101 Å². The summed E-state index contributed by atoms with van der Waals surface area (Å²) in [6.07, 6.45) is -10.6. The Hall–Kier alpha value is -4.81. The predicted octanol–water partition coefficient (Wildman–Crippen LogP) is 3.02. The van der Waals surface area contributed by atoms with Crippen LogP contribution in [0.1, 0.15) is 75.0 Å². The smallest absolute Gasteiger partial charge is 0.338 e. The quantitative estimate of drug-likeness (QED) is 0.112. The van der Waals surface area contributed by atoms with Crippen molar-refractivity contribution in [2.75, 3.05) is 6.61 Å². The maximum atomic E-state index is 15.0. The number of benzene rings is 3. The molecular weight excluding hydrogens is 811 g/mol. The van der Waals surface area contributed by atoms with Crippen LogP contribution in [0.2, 0.25) is 0 Å². The molecule has 16 heteroatoms. The van der Waals surface area contributed by atoms with E-state index < -0.39 is 111 Å². The number of carbonyl (C=O) groups is 4. The molecule has 3 aromatic carbocycles. The van der Waals surface area contributed by atoms with Crippen LogP contribution >= 0.6 is 0 Å². The van der Waals surface area contributed by atoms with E-state index in [4.69, 9.17) is 18.9 Å². The Kier molecular flexibility index (Phi) is 11.5. The first-order valence-electron chi connectivity index (χ1n) is 20.0. The lowest BCUT2D eigenvalue weighted by Gasteiger charge is -2.67. The molecule has 5 N–H and O–H groups in total. The third-order valence-electron chi connectivity index (χ3n) is 13.5. The zero-order valence-electron chi connectivity index (χ0n) is 34.6. The van der Waals surface area contributed by atoms with Crippen molar-refractivity contribution in [1.82, 2.24) is 4.72 Å². The largest absolute Gasteiger partial charge is 0.456 e. The van der Waals surface area contributed by atoms with Gasteiger partial charge in [0, 0.05) is 25.2 Å². The lowest BCUT2D eigenvalue weighted by atomic mass is 9.44. The highest BCUT2D eigenvalue weighted by atomic mass is 32.2. The molecule has 0 amide bonds. The lowest BCUT2D eigenvalue weighted by Crippen LogP contribution is -2.81. The minimum absolute atomic E-state index is 0.0580. The summed E-state index contributed by atoms with van der Waals surface area (Å²) in [5.41, 5.74) is -6.91. The molecule has 2 unspecified atom stereocenters. The van der Waals surface area contributed by atoms with E-state index in [0.717, 1.165) is 12.5 Å². The van der Waals surface area contributed by atoms with E-state index in [-0.39, 0.29) is 40.2 Å². The Bertz CT molecular complexity index is 2350. The van der Waals surface area contributed by atoms with Gasteiger partial charge in [0.1, 0.15) is 42.2 Å². The van der Waals surface area contributed by atoms with E-state index in [1.165, 1.54) is 64.1 Å². The number of carbonyl (C=O) groups excluding carboxylic acids is 4. The normalized spacial score (nSPS) is 32.7. The minimum Gasteiger partial charge on any atom is -0.456 e. The zero-order chi connectivity index (χ0) is 44.4. The van der Waals surface area contributed by atoms with Crippen LogP contribution < -0.4 is 4.72 Å². The van der Waals surface area contributed by atoms with Crippen molar-refractivity contribution in [2.24, 2.45) is 16.7 Å². The number of ether oxygens (including phenoxy) is 4. The van der Waals surface area contributed by atoms with Gasteiger partial charge in [0.25, 0.3) is 0 Å². The molecule has 15 nitrogen and oxygen atoms in total. The van der Waals surface area contributed by atoms with Crippen LogP contribution in [0.3, 0.4) is 0 Å². The van der Waals surface area contributed by atoms with Gasteiger partial charge in [-0.1, -0.05) is 80.1 Å². The number of sulfonamides is 1. The molecule has 3 fully saturated rings. The summed E-state index contributed by atoms with van der Waals surface area (Å²) in [4.78, 5) is 56.5. The highest BCUT2D eigenvalue weighted by molar-refractivity contribution is 7.89. The van der Waals surface area contributed by atoms with Gasteiger partial charge in [0.2, 0.25) is 10.0 Å². The molecule has 4 aliphatic rings. The van der Waals surface area contributed by atoms with Crippen molar-refractivity contribution in [3.63, 3.8) is 0 Å². The summed E-state index contributed by atoms with van der Waals surface area (Å²) >= 11 is 0. The number of esters is 3. The standard InChI is InChI=1S/C45H51NO14S/c1-24-17-19-29(20-18-24)61(55,56)46-34(35(49)27-13-9-7-10-14-27)41(53)58-30-22-45(54)39(59-40(52)28-15-11-8-12-16-28)37-43(6,38(51)36(50)33(25(30)2)42(45,4)5)31(48)21-32-44(37,23-57-32)60-26(3)47/h7-20,30-32,34-37,39,46,48-50,54H,21-23H2,1-6H3/t30-,31-,32+,34?,35?,36+,37-,39-,43+,44-,45+/m0/s1. The molecule has 1 aliphatic heterocycles. The van der Waals surface area contributed by atoms with E-state index in [1.807, 2.05) is 0 Å². The van der Waals surface area contributed by atoms with Gasteiger partial charge in [-0.05, 0) is 61.7 Å². The summed E-state index contributed by atoms with van der Waals surface area (Å²) in [5, 5.41) is 49.3. The third kappa shape index (κ3) is 7.21. The molecular formula is C45H51NO14S. The Morgan fingerprint density at radius 2 is 1.51 bits per heavy atom. The molecule has 3 aromatic rings. The van der Waals surface area contributed by atoms with Crippen LogP contribution in [0.25, 0.3) is 0 Å². The van der Waals surface area contributed by atoms with E-state index in [9.17, 15) is 43.2 Å². The van der Waals surface area contributed by atoms with Crippen LogP contribution in [-0.2, 0) is 43.4 Å². The summed E-state index contributed by atoms with van der Waals surface area (Å²) in [6.45, 7) is 8.49. The van der Waals surface area contributed by atoms with E-state index >= 15 is 4.79 Å². The zero-order valence-corrected chi connectivity index (χ0v) is 35.4. The molecule has 3 aliphatic carbocycles. The van der Waals surface area contributed by atoms with Crippen molar-refractivity contribution < 1.29 is 67.0 Å². The number of aryl methyl sites for hydroxylation is 1. The Morgan fingerprint density at radius 1 is 0.902 bits per heavy atom. The number of rotatable bonds is 10. The topological polar surface area (TPSA) is 232 Å². The first kappa shape index (κ1) is 44.3. The molecule has 326 valence electrons. The van der Waals surface area contributed by atoms with Gasteiger partial charge >= 0.3 is 17.9 Å². The number of nitrogens with one attached hydrogen (secondary N) is 1. The second-order valence-corrected chi connectivity index (χ2v) is 19.1. The molecule has 0 aromatic heterocycles. The maximum Gasteiger partial charge on any atom is 0.338 e. The Labute approximate surface area is 353 Å². The van der Waals surface area contributed by atoms with Gasteiger partial charge in [-0.25, -0.2) is 13.2 Å². The highest BCUT2D eigenvalue weighted by Crippen LogP contribution is 2.64. The fourth-order valence-corrected chi connectivity index (χ4v) is 11.2. The molecule has 1 heterocycles. The number of aliphatic hydroxyl groups excluding tert-OH is 3. The van der Waals surface area contributed by atoms with Crippen molar-refractivity contribution in [2.45, 2.75) is 113 Å². The van der Waals surface area contributed by atoms with Gasteiger partial charge in [-0.2, -0.15) is 4.72 Å². The monoisotopic (exact) mass is 861 g/mol. The van der Waals surface area contributed by atoms with Crippen molar-refractivity contribution >= 4 is 33.7 Å². The molecule has 7 rings (SSSR count). The number of hydrogen-bond donors (Lipinski definition) is 5. The number of ketones is 1. The molecule has 11 atom stereocenters. The summed E-state index contributed by atoms with van der Waals surface area (Å²) in [6, 6.07) is 19.4. The third-order valence-corrected chi connectivity index (χ3v) is 15.0. The molecule has 2 saturated carbocycles. The molecule has 2 bridgehead atoms. The fraction of sp³-hybridized carbons (Fsp3) is 0.467. The molecule has 0 spiro atoms. The van der Waals surface area contributed by atoms with Gasteiger partial charge in [-0.15, -0.1) is 0 Å². The number of fused-ring (bicyclic) bond motifs is 5. The SMILES string of the molecule is CC(=O)O[C@@]12CO[C@@H]1C[C@H](O)[C@@]1(C)C(=O)[C@H](O)C3=C(C)[C@@H](OC(=O)C(NS(=O)(=O)c4ccc(C)cc4)C(O)c4ccccc4)C[C@@](O)([C@@H](OC(=O)c4ccccc4)[C@H]21)C3(C)C. The lowest BCUT2D eigenvalue weighted by molar-refractivity contribution is -0.346. The number of hydrogen-bond acceptors (Lipinski definition) is 14. The van der Waals surface area contributed by atoms with Crippen molar-refractivity contribution in [3.05, 3.63) is 113 Å². The van der Waals surface area contributed by atoms with Crippen LogP contribution in [0, 0.1) is 23.7 Å². The van der Waals surface area contributed by atoms with Gasteiger partial charge in [0.05, 0.1) is 34.5 Å². The minimum atomic E-state index is -4.49. The van der Waals surface area contributed by atoms with Gasteiger partial charge < -0.3 is 39.4 Å². The number of Topliss-reactive ketones (excluding diaryl/α,β-unsaturated/α-hetero) is 1. The van der Waals surface area contributed by atoms with E-state index in [0.29, 0.717) is 0 Å². The highest BCUT2D eigenvalue weighted by Gasteiger charge is 2.78. The average Bonchev–Trinajstić information content (AvgIpc) is 3.21. The number of aliphatic hydroxyl groups is 4. The summed E-state index contributed by atoms with van der Waals surface area (Å²) in [5.74, 6) is -5.52. The molecule has 0 radical (unpaired) electrons. The van der Waals surface area contributed by atoms with Crippen LogP contribution in [0.4, 0.5) is 0 Å². The van der Waals surface area contributed by atoms with E-state index in [2.05, 4.69) is 4.72 Å². The summed E-state index contributed by atoms with van der Waals surface area (Å²) < 4.78 is 54.1. The summed E-state index contributed by atoms with van der Waals surface area (Å²) in [7, 11) is -4.49. The second kappa shape index (κ2) is 15.8. The van der Waals surface area contributed by atoms with Gasteiger partial charge in [0.15, 0.2) is 11.4 Å². The molecule has 1 saturated heterocycles. The van der Waals surface area contributed by atoms with Crippen LogP contribution in [0.5, 0.6) is 0 Å². The Morgan fingerprint density at radius 3 is 2.08 bits per heavy atom. The fourth-order valence-electron chi connectivity index (χ4n) is 10.0.